The second-order valence-corrected chi connectivity index (χ2v) is 6.99. The molecule has 3 N–H and O–H groups in total. The van der Waals surface area contributed by atoms with Crippen LogP contribution in [0, 0.1) is 0 Å². The lowest BCUT2D eigenvalue weighted by atomic mass is 10.1. The molecule has 0 amide bonds. The summed E-state index contributed by atoms with van der Waals surface area (Å²) in [6, 6.07) is 1.60. The molecule has 2 heterocycles. The van der Waals surface area contributed by atoms with Crippen LogP contribution in [0.2, 0.25) is 0 Å². The van der Waals surface area contributed by atoms with E-state index < -0.39 is 9.84 Å². The van der Waals surface area contributed by atoms with Crippen LogP contribution in [0.25, 0.3) is 11.3 Å². The molecule has 2 aromatic rings. The molecule has 8 heteroatoms. The third-order valence-corrected chi connectivity index (χ3v) is 4.18. The van der Waals surface area contributed by atoms with E-state index in [2.05, 4.69) is 20.1 Å². The zero-order valence-electron chi connectivity index (χ0n) is 12.1. The largest absolute Gasteiger partial charge is 0.329 e. The minimum atomic E-state index is -3.28. The first-order chi connectivity index (χ1) is 9.91. The Bertz CT molecular complexity index is 711. The fourth-order valence-corrected chi connectivity index (χ4v) is 2.62. The van der Waals surface area contributed by atoms with E-state index >= 15 is 0 Å². The highest BCUT2D eigenvalue weighted by atomic mass is 32.2. The predicted molar refractivity (Wildman–Crippen MR) is 80.3 cm³/mol. The Morgan fingerprint density at radius 1 is 1.33 bits per heavy atom. The fraction of sp³-hybridized carbons (Fsp3) is 0.385. The van der Waals surface area contributed by atoms with E-state index in [1.165, 1.54) is 6.20 Å². The Kier molecular flexibility index (Phi) is 4.71. The monoisotopic (exact) mass is 309 g/mol. The summed E-state index contributed by atoms with van der Waals surface area (Å²) in [5.74, 6) is 0. The third-order valence-electron chi connectivity index (χ3n) is 3.10. The Labute approximate surface area is 124 Å². The molecule has 0 fully saturated rings. The van der Waals surface area contributed by atoms with Crippen molar-refractivity contribution in [2.75, 3.05) is 26.4 Å². The molecule has 0 bridgehead atoms. The van der Waals surface area contributed by atoms with Crippen LogP contribution in [0.5, 0.6) is 0 Å². The van der Waals surface area contributed by atoms with Gasteiger partial charge in [-0.05, 0) is 13.1 Å². The van der Waals surface area contributed by atoms with Gasteiger partial charge in [-0.1, -0.05) is 0 Å². The van der Waals surface area contributed by atoms with Crippen LogP contribution in [0.4, 0.5) is 0 Å². The maximum atomic E-state index is 11.6. The molecule has 2 aromatic heterocycles. The van der Waals surface area contributed by atoms with Crippen LogP contribution in [0.15, 0.2) is 29.6 Å². The number of aromatic amines is 1. The second-order valence-electron chi connectivity index (χ2n) is 4.98. The van der Waals surface area contributed by atoms with Gasteiger partial charge in [0, 0.05) is 49.4 Å². The standard InChI is InChI=1S/C13H19N5O2S/c1-18(4-3-14)9-11-7-16-17-13(11)10-5-12(8-15-6-10)21(2,19)20/h5-8H,3-4,9,14H2,1-2H3,(H,16,17). The van der Waals surface area contributed by atoms with Gasteiger partial charge in [0.05, 0.1) is 16.8 Å². The molecule has 0 unspecified atom stereocenters. The molecule has 2 rings (SSSR count). The highest BCUT2D eigenvalue weighted by Crippen LogP contribution is 2.23. The molecule has 0 atom stereocenters. The zero-order chi connectivity index (χ0) is 15.5. The van der Waals surface area contributed by atoms with E-state index in [-0.39, 0.29) is 4.90 Å². The van der Waals surface area contributed by atoms with Crippen molar-refractivity contribution in [3.8, 4) is 11.3 Å². The molecule has 114 valence electrons. The van der Waals surface area contributed by atoms with Gasteiger partial charge in [0.25, 0.3) is 0 Å². The lowest BCUT2D eigenvalue weighted by Gasteiger charge is -2.15. The van der Waals surface area contributed by atoms with Gasteiger partial charge < -0.3 is 10.6 Å². The Hall–Kier alpha value is -1.77. The van der Waals surface area contributed by atoms with Crippen molar-refractivity contribution in [1.82, 2.24) is 20.1 Å². The summed E-state index contributed by atoms with van der Waals surface area (Å²) in [5, 5.41) is 6.95. The number of rotatable bonds is 6. The van der Waals surface area contributed by atoms with Gasteiger partial charge >= 0.3 is 0 Å². The maximum Gasteiger partial charge on any atom is 0.177 e. The quantitative estimate of drug-likeness (QED) is 0.793. The molecule has 0 aliphatic heterocycles. The van der Waals surface area contributed by atoms with E-state index in [0.717, 1.165) is 24.1 Å². The van der Waals surface area contributed by atoms with E-state index in [1.807, 2.05) is 7.05 Å². The highest BCUT2D eigenvalue weighted by Gasteiger charge is 2.13. The summed E-state index contributed by atoms with van der Waals surface area (Å²) in [7, 11) is -1.32. The smallest absolute Gasteiger partial charge is 0.177 e. The summed E-state index contributed by atoms with van der Waals surface area (Å²) in [6.07, 6.45) is 5.86. The molecule has 0 saturated heterocycles. The lowest BCUT2D eigenvalue weighted by Crippen LogP contribution is -2.25. The van der Waals surface area contributed by atoms with Gasteiger partial charge in [-0.2, -0.15) is 5.10 Å². The van der Waals surface area contributed by atoms with Crippen molar-refractivity contribution in [2.45, 2.75) is 11.4 Å². The summed E-state index contributed by atoms with van der Waals surface area (Å²) < 4.78 is 23.2. The zero-order valence-corrected chi connectivity index (χ0v) is 12.9. The van der Waals surface area contributed by atoms with Crippen LogP contribution in [0.1, 0.15) is 5.56 Å². The number of H-pyrrole nitrogens is 1. The number of pyridine rings is 1. The van der Waals surface area contributed by atoms with Gasteiger partial charge in [-0.3, -0.25) is 10.1 Å². The van der Waals surface area contributed by atoms with Gasteiger partial charge in [0.2, 0.25) is 0 Å². The lowest BCUT2D eigenvalue weighted by molar-refractivity contribution is 0.337. The van der Waals surface area contributed by atoms with Gasteiger partial charge in [-0.15, -0.1) is 0 Å². The summed E-state index contributed by atoms with van der Waals surface area (Å²) in [4.78, 5) is 6.27. The number of nitrogens with two attached hydrogens (primary N) is 1. The third kappa shape index (κ3) is 3.87. The molecule has 7 nitrogen and oxygen atoms in total. The molecule has 0 aromatic carbocycles. The molecule has 0 aliphatic carbocycles. The van der Waals surface area contributed by atoms with Gasteiger partial charge in [-0.25, -0.2) is 8.42 Å². The van der Waals surface area contributed by atoms with Crippen LogP contribution >= 0.6 is 0 Å². The fourth-order valence-electron chi connectivity index (χ4n) is 2.03. The van der Waals surface area contributed by atoms with Gasteiger partial charge in [0.1, 0.15) is 0 Å². The van der Waals surface area contributed by atoms with E-state index in [1.54, 1.807) is 18.5 Å². The van der Waals surface area contributed by atoms with E-state index in [0.29, 0.717) is 18.7 Å². The second kappa shape index (κ2) is 6.33. The van der Waals surface area contributed by atoms with E-state index in [4.69, 9.17) is 5.73 Å². The normalized spacial score (nSPS) is 12.0. The van der Waals surface area contributed by atoms with Crippen LogP contribution in [-0.2, 0) is 16.4 Å². The first kappa shape index (κ1) is 15.6. The maximum absolute atomic E-state index is 11.6. The molecule has 0 spiro atoms. The molecule has 21 heavy (non-hydrogen) atoms. The summed E-state index contributed by atoms with van der Waals surface area (Å²) in [5.41, 5.74) is 7.98. The molecule has 0 aliphatic rings. The van der Waals surface area contributed by atoms with E-state index in [9.17, 15) is 8.42 Å². The minimum Gasteiger partial charge on any atom is -0.329 e. The SMILES string of the molecule is CN(CCN)Cc1cn[nH]c1-c1cncc(S(C)(=O)=O)c1. The summed E-state index contributed by atoms with van der Waals surface area (Å²) >= 11 is 0. The molecule has 0 saturated carbocycles. The Balaban J connectivity index is 2.33. The van der Waals surface area contributed by atoms with Crippen molar-refractivity contribution in [1.29, 1.82) is 0 Å². The molecular weight excluding hydrogens is 290 g/mol. The first-order valence-corrected chi connectivity index (χ1v) is 8.37. The molecule has 0 radical (unpaired) electrons. The topological polar surface area (TPSA) is 105 Å². The van der Waals surface area contributed by atoms with Crippen LogP contribution < -0.4 is 5.73 Å². The number of likely N-dealkylation sites (N-methyl/N-ethyl adjacent to an activating group) is 1. The highest BCUT2D eigenvalue weighted by molar-refractivity contribution is 7.90. The van der Waals surface area contributed by atoms with Crippen molar-refractivity contribution in [3.05, 3.63) is 30.2 Å². The molecular formula is C13H19N5O2S. The van der Waals surface area contributed by atoms with Crippen molar-refractivity contribution in [3.63, 3.8) is 0 Å². The summed E-state index contributed by atoms with van der Waals surface area (Å²) in [6.45, 7) is 2.02. The number of sulfone groups is 1. The Morgan fingerprint density at radius 2 is 2.10 bits per heavy atom. The van der Waals surface area contributed by atoms with Crippen LogP contribution in [-0.4, -0.2) is 54.9 Å². The number of aromatic nitrogens is 3. The van der Waals surface area contributed by atoms with Crippen LogP contribution in [0.3, 0.4) is 0 Å². The average molecular weight is 309 g/mol. The van der Waals surface area contributed by atoms with Crippen molar-refractivity contribution < 1.29 is 8.42 Å². The number of nitrogens with one attached hydrogen (secondary N) is 1. The average Bonchev–Trinajstić information content (AvgIpc) is 2.86. The minimum absolute atomic E-state index is 0.191. The Morgan fingerprint density at radius 3 is 2.76 bits per heavy atom. The van der Waals surface area contributed by atoms with Gasteiger partial charge in [0.15, 0.2) is 9.84 Å². The first-order valence-electron chi connectivity index (χ1n) is 6.48. The predicted octanol–water partition coefficient (Wildman–Crippen LogP) is 0.266. The number of hydrogen-bond donors (Lipinski definition) is 2. The van der Waals surface area contributed by atoms with Crippen molar-refractivity contribution in [2.24, 2.45) is 5.73 Å². The number of hydrogen-bond acceptors (Lipinski definition) is 6. The number of nitrogens with zero attached hydrogens (tertiary/aromatic N) is 3. The van der Waals surface area contributed by atoms with Crippen molar-refractivity contribution >= 4 is 9.84 Å².